The molecular formula is C10H18N2O. The molecule has 1 aliphatic rings. The first-order chi connectivity index (χ1) is 6.27. The summed E-state index contributed by atoms with van der Waals surface area (Å²) >= 11 is 0. The number of hydroxylamine groups is 1. The Balaban J connectivity index is 2.60. The molecule has 0 fully saturated rings. The molecule has 1 heterocycles. The van der Waals surface area contributed by atoms with Gasteiger partial charge in [0.2, 0.25) is 0 Å². The highest BCUT2D eigenvalue weighted by Crippen LogP contribution is 2.15. The fourth-order valence-electron chi connectivity index (χ4n) is 1.44. The van der Waals surface area contributed by atoms with Crippen LogP contribution in [0.15, 0.2) is 23.4 Å². The van der Waals surface area contributed by atoms with Gasteiger partial charge < -0.3 is 4.90 Å². The van der Waals surface area contributed by atoms with Gasteiger partial charge in [-0.3, -0.25) is 10.3 Å². The quantitative estimate of drug-likeness (QED) is 0.666. The molecule has 0 aliphatic carbocycles. The minimum Gasteiger partial charge on any atom is -0.302 e. The van der Waals surface area contributed by atoms with Crippen molar-refractivity contribution >= 4 is 0 Å². The van der Waals surface area contributed by atoms with Crippen molar-refractivity contribution in [2.75, 3.05) is 27.2 Å². The first kappa shape index (κ1) is 10.3. The highest BCUT2D eigenvalue weighted by Gasteiger charge is 2.10. The summed E-state index contributed by atoms with van der Waals surface area (Å²) in [4.78, 5) is 7.20. The van der Waals surface area contributed by atoms with Crippen molar-refractivity contribution in [2.24, 2.45) is 0 Å². The lowest BCUT2D eigenvalue weighted by atomic mass is 10.1. The van der Waals surface area contributed by atoms with Crippen molar-refractivity contribution in [3.8, 4) is 0 Å². The Morgan fingerprint density at radius 2 is 2.46 bits per heavy atom. The van der Waals surface area contributed by atoms with E-state index in [1.165, 1.54) is 5.57 Å². The summed E-state index contributed by atoms with van der Waals surface area (Å²) in [7, 11) is 3.77. The second kappa shape index (κ2) is 5.04. The van der Waals surface area contributed by atoms with E-state index in [9.17, 15) is 0 Å². The van der Waals surface area contributed by atoms with Crippen LogP contribution in [0.3, 0.4) is 0 Å². The first-order valence-corrected chi connectivity index (χ1v) is 4.61. The number of hydrogen-bond donors (Lipinski definition) is 1. The molecule has 1 N–H and O–H groups in total. The lowest BCUT2D eigenvalue weighted by molar-refractivity contribution is 0.119. The van der Waals surface area contributed by atoms with Crippen molar-refractivity contribution < 1.29 is 4.84 Å². The largest absolute Gasteiger partial charge is 0.302 e. The molecule has 0 saturated heterocycles. The smallest absolute Gasteiger partial charge is 0.0636 e. The van der Waals surface area contributed by atoms with E-state index in [2.05, 4.69) is 23.5 Å². The number of allylic oxidation sites excluding steroid dienone is 2. The molecule has 3 nitrogen and oxygen atoms in total. The molecule has 0 radical (unpaired) electrons. The van der Waals surface area contributed by atoms with Gasteiger partial charge in [0.15, 0.2) is 0 Å². The predicted molar refractivity (Wildman–Crippen MR) is 54.1 cm³/mol. The first-order valence-electron chi connectivity index (χ1n) is 4.61. The Labute approximate surface area is 80.0 Å². The third-order valence-corrected chi connectivity index (χ3v) is 2.26. The second-order valence-electron chi connectivity index (χ2n) is 3.25. The minimum absolute atomic E-state index is 1.03. The van der Waals surface area contributed by atoms with Gasteiger partial charge in [-0.15, -0.1) is 0 Å². The van der Waals surface area contributed by atoms with Crippen LogP contribution in [0, 0.1) is 0 Å². The van der Waals surface area contributed by atoms with Crippen molar-refractivity contribution in [1.82, 2.24) is 10.4 Å². The Kier molecular flexibility index (Phi) is 3.99. The Bertz CT molecular complexity index is 221. The average Bonchev–Trinajstić information content (AvgIpc) is 2.16. The summed E-state index contributed by atoms with van der Waals surface area (Å²) in [6, 6.07) is 0. The maximum absolute atomic E-state index is 4.90. The zero-order valence-corrected chi connectivity index (χ0v) is 8.63. The van der Waals surface area contributed by atoms with E-state index in [1.807, 2.05) is 13.0 Å². The van der Waals surface area contributed by atoms with Gasteiger partial charge in [0.1, 0.15) is 0 Å². The Morgan fingerprint density at radius 3 is 2.92 bits per heavy atom. The van der Waals surface area contributed by atoms with Crippen LogP contribution in [0.5, 0.6) is 0 Å². The van der Waals surface area contributed by atoms with Crippen LogP contribution in [0.4, 0.5) is 0 Å². The van der Waals surface area contributed by atoms with Crippen LogP contribution in [-0.2, 0) is 4.84 Å². The zero-order valence-electron chi connectivity index (χ0n) is 8.63. The molecule has 0 saturated carbocycles. The molecular weight excluding hydrogens is 164 g/mol. The van der Waals surface area contributed by atoms with Crippen molar-refractivity contribution in [3.63, 3.8) is 0 Å². The normalized spacial score (nSPS) is 19.9. The van der Waals surface area contributed by atoms with Crippen LogP contribution < -0.4 is 5.48 Å². The second-order valence-corrected chi connectivity index (χ2v) is 3.25. The molecule has 0 aromatic heterocycles. The van der Waals surface area contributed by atoms with E-state index in [0.717, 1.165) is 25.2 Å². The number of hydrogen-bond acceptors (Lipinski definition) is 3. The van der Waals surface area contributed by atoms with Gasteiger partial charge in [-0.2, -0.15) is 0 Å². The van der Waals surface area contributed by atoms with Gasteiger partial charge in [-0.25, -0.2) is 0 Å². The van der Waals surface area contributed by atoms with E-state index < -0.39 is 0 Å². The summed E-state index contributed by atoms with van der Waals surface area (Å²) in [5.41, 5.74) is 5.33. The molecule has 0 bridgehead atoms. The molecule has 0 atom stereocenters. The molecule has 1 rings (SSSR count). The summed E-state index contributed by atoms with van der Waals surface area (Å²) in [5.74, 6) is 0. The number of nitrogens with one attached hydrogen (secondary N) is 1. The molecule has 0 aromatic rings. The van der Waals surface area contributed by atoms with Crippen molar-refractivity contribution in [2.45, 2.75) is 13.3 Å². The highest BCUT2D eigenvalue weighted by atomic mass is 16.6. The van der Waals surface area contributed by atoms with Gasteiger partial charge in [0, 0.05) is 13.1 Å². The van der Waals surface area contributed by atoms with E-state index in [-0.39, 0.29) is 0 Å². The number of rotatable bonds is 3. The van der Waals surface area contributed by atoms with Crippen LogP contribution in [0.25, 0.3) is 0 Å². The highest BCUT2D eigenvalue weighted by molar-refractivity contribution is 5.29. The molecule has 1 aliphatic heterocycles. The maximum Gasteiger partial charge on any atom is 0.0636 e. The Hall–Kier alpha value is -0.800. The zero-order chi connectivity index (χ0) is 9.68. The lowest BCUT2D eigenvalue weighted by Gasteiger charge is -2.23. The van der Waals surface area contributed by atoms with Crippen LogP contribution in [0.2, 0.25) is 0 Å². The molecule has 0 aromatic carbocycles. The third-order valence-electron chi connectivity index (χ3n) is 2.26. The molecule has 13 heavy (non-hydrogen) atoms. The molecule has 0 unspecified atom stereocenters. The standard InChI is InChI=1S/C10H18N2O/c1-4-10(11-13-3)9-5-7-12(2)8-6-9/h4-5,11H,6-8H2,1-3H3/b10-4+. The minimum atomic E-state index is 1.03. The number of nitrogens with zero attached hydrogens (tertiary/aromatic N) is 1. The fraction of sp³-hybridized carbons (Fsp3) is 0.600. The van der Waals surface area contributed by atoms with E-state index in [4.69, 9.17) is 4.84 Å². The molecule has 74 valence electrons. The lowest BCUT2D eigenvalue weighted by Crippen LogP contribution is -2.26. The van der Waals surface area contributed by atoms with Crippen molar-refractivity contribution in [3.05, 3.63) is 23.4 Å². The third kappa shape index (κ3) is 2.86. The maximum atomic E-state index is 4.90. The fourth-order valence-corrected chi connectivity index (χ4v) is 1.44. The summed E-state index contributed by atoms with van der Waals surface area (Å²) in [6.07, 6.45) is 5.37. The van der Waals surface area contributed by atoms with Crippen LogP contribution in [0.1, 0.15) is 13.3 Å². The predicted octanol–water partition coefficient (Wildman–Crippen LogP) is 1.30. The van der Waals surface area contributed by atoms with E-state index in [1.54, 1.807) is 7.11 Å². The van der Waals surface area contributed by atoms with Gasteiger partial charge in [0.25, 0.3) is 0 Å². The summed E-state index contributed by atoms with van der Waals surface area (Å²) in [5, 5.41) is 0. The topological polar surface area (TPSA) is 24.5 Å². The van der Waals surface area contributed by atoms with Crippen LogP contribution in [-0.4, -0.2) is 32.1 Å². The number of likely N-dealkylation sites (N-methyl/N-ethyl adjacent to an activating group) is 1. The van der Waals surface area contributed by atoms with Crippen LogP contribution >= 0.6 is 0 Å². The molecule has 0 amide bonds. The van der Waals surface area contributed by atoms with Crippen molar-refractivity contribution in [1.29, 1.82) is 0 Å². The van der Waals surface area contributed by atoms with Gasteiger partial charge in [-0.05, 0) is 26.0 Å². The molecule has 0 spiro atoms. The Morgan fingerprint density at radius 1 is 1.69 bits per heavy atom. The summed E-state index contributed by atoms with van der Waals surface area (Å²) < 4.78 is 0. The monoisotopic (exact) mass is 182 g/mol. The van der Waals surface area contributed by atoms with Gasteiger partial charge in [-0.1, -0.05) is 12.2 Å². The average molecular weight is 182 g/mol. The summed E-state index contributed by atoms with van der Waals surface area (Å²) in [6.45, 7) is 4.16. The van der Waals surface area contributed by atoms with Gasteiger partial charge in [0.05, 0.1) is 12.8 Å². The molecule has 3 heteroatoms. The van der Waals surface area contributed by atoms with E-state index >= 15 is 0 Å². The SMILES string of the molecule is C/C=C(/NOC)C1=CCN(C)CC1. The van der Waals surface area contributed by atoms with Gasteiger partial charge >= 0.3 is 0 Å². The van der Waals surface area contributed by atoms with E-state index in [0.29, 0.717) is 0 Å².